The van der Waals surface area contributed by atoms with E-state index < -0.39 is 0 Å². The van der Waals surface area contributed by atoms with Crippen LogP contribution in [0.4, 0.5) is 0 Å². The van der Waals surface area contributed by atoms with Crippen molar-refractivity contribution in [2.24, 2.45) is 0 Å². The zero-order valence-corrected chi connectivity index (χ0v) is 30.9. The molecule has 8 aromatic carbocycles. The molecule has 0 unspecified atom stereocenters. The van der Waals surface area contributed by atoms with Gasteiger partial charge in [0.2, 0.25) is 0 Å². The van der Waals surface area contributed by atoms with Gasteiger partial charge >= 0.3 is 0 Å². The maximum absolute atomic E-state index is 5.23. The zero-order chi connectivity index (χ0) is 37.7. The Balaban J connectivity index is 1.02. The fraction of sp³-hybridized carbons (Fsp3) is 0. The molecule has 0 bridgehead atoms. The molecule has 3 aromatic heterocycles. The Kier molecular flexibility index (Phi) is 7.78. The summed E-state index contributed by atoms with van der Waals surface area (Å²) in [5.41, 5.74) is 12.8. The van der Waals surface area contributed by atoms with Crippen molar-refractivity contribution < 1.29 is 0 Å². The molecule has 0 aliphatic rings. The molecule has 0 radical (unpaired) electrons. The highest BCUT2D eigenvalue weighted by atomic mass is 15.0. The second kappa shape index (κ2) is 13.6. The average molecular weight is 727 g/mol. The molecule has 266 valence electrons. The molecule has 0 atom stereocenters. The van der Waals surface area contributed by atoms with Gasteiger partial charge in [0.15, 0.2) is 5.82 Å². The number of fused-ring (bicyclic) bond motifs is 5. The fourth-order valence-corrected chi connectivity index (χ4v) is 8.33. The first-order valence-electron chi connectivity index (χ1n) is 19.3. The van der Waals surface area contributed by atoms with Crippen LogP contribution in [-0.2, 0) is 0 Å². The zero-order valence-electron chi connectivity index (χ0n) is 30.9. The van der Waals surface area contributed by atoms with E-state index in [9.17, 15) is 0 Å². The number of nitrogens with zero attached hydrogens (tertiary/aromatic N) is 4. The minimum absolute atomic E-state index is 0.680. The summed E-state index contributed by atoms with van der Waals surface area (Å²) in [6, 6.07) is 69.0. The van der Waals surface area contributed by atoms with E-state index in [1.54, 1.807) is 6.20 Å². The van der Waals surface area contributed by atoms with Crippen LogP contribution in [0.25, 0.3) is 105 Å². The van der Waals surface area contributed by atoms with Gasteiger partial charge in [-0.3, -0.25) is 4.98 Å². The van der Waals surface area contributed by atoms with Crippen LogP contribution in [0.3, 0.4) is 0 Å². The van der Waals surface area contributed by atoms with Crippen molar-refractivity contribution in [3.8, 4) is 61.8 Å². The molecule has 0 saturated heterocycles. The van der Waals surface area contributed by atoms with E-state index in [1.165, 1.54) is 48.9 Å². The molecule has 11 rings (SSSR count). The van der Waals surface area contributed by atoms with Crippen LogP contribution in [0.2, 0.25) is 0 Å². The van der Waals surface area contributed by atoms with Gasteiger partial charge in [0.25, 0.3) is 0 Å². The van der Waals surface area contributed by atoms with E-state index in [4.69, 9.17) is 9.97 Å². The van der Waals surface area contributed by atoms with Crippen LogP contribution in [-0.4, -0.2) is 19.5 Å². The molecule has 11 aromatic rings. The molecule has 4 nitrogen and oxygen atoms in total. The van der Waals surface area contributed by atoms with Gasteiger partial charge in [-0.15, -0.1) is 0 Å². The maximum atomic E-state index is 5.23. The Labute approximate surface area is 330 Å². The van der Waals surface area contributed by atoms with E-state index in [-0.39, 0.29) is 0 Å². The SMILES string of the molecule is c1cncc(-c2ccc(-c3cc(-c4ccc(-n5c6ccccc6c6ccccc65)cc4)nc(-c4ccc(-c5c6ccccc6cc6ccccc56)cc4)n3)cc2)c1. The predicted octanol–water partition coefficient (Wildman–Crippen LogP) is 13.6. The fourth-order valence-electron chi connectivity index (χ4n) is 8.33. The van der Waals surface area contributed by atoms with Gasteiger partial charge in [0.1, 0.15) is 0 Å². The van der Waals surface area contributed by atoms with Crippen LogP contribution in [0.5, 0.6) is 0 Å². The normalized spacial score (nSPS) is 11.5. The molecule has 0 amide bonds. The lowest BCUT2D eigenvalue weighted by atomic mass is 9.91. The molecular weight excluding hydrogens is 693 g/mol. The highest BCUT2D eigenvalue weighted by Gasteiger charge is 2.15. The van der Waals surface area contributed by atoms with Crippen molar-refractivity contribution in [1.29, 1.82) is 0 Å². The minimum Gasteiger partial charge on any atom is -0.309 e. The summed E-state index contributed by atoms with van der Waals surface area (Å²) in [5.74, 6) is 0.680. The van der Waals surface area contributed by atoms with E-state index in [1.807, 2.05) is 12.3 Å². The summed E-state index contributed by atoms with van der Waals surface area (Å²) in [6.45, 7) is 0. The van der Waals surface area contributed by atoms with Gasteiger partial charge < -0.3 is 4.57 Å². The second-order valence-electron chi connectivity index (χ2n) is 14.5. The van der Waals surface area contributed by atoms with E-state index >= 15 is 0 Å². The molecule has 0 fully saturated rings. The summed E-state index contributed by atoms with van der Waals surface area (Å²) >= 11 is 0. The Bertz CT molecular complexity index is 3150. The first kappa shape index (κ1) is 32.7. The molecule has 4 heteroatoms. The largest absolute Gasteiger partial charge is 0.309 e. The number of para-hydroxylation sites is 2. The van der Waals surface area contributed by atoms with Crippen LogP contribution in [0, 0.1) is 0 Å². The van der Waals surface area contributed by atoms with Crippen molar-refractivity contribution >= 4 is 43.4 Å². The molecule has 0 spiro atoms. The quantitative estimate of drug-likeness (QED) is 0.160. The van der Waals surface area contributed by atoms with E-state index in [0.29, 0.717) is 5.82 Å². The molecule has 0 aliphatic heterocycles. The van der Waals surface area contributed by atoms with Crippen molar-refractivity contribution in [1.82, 2.24) is 19.5 Å². The summed E-state index contributed by atoms with van der Waals surface area (Å²) in [6.07, 6.45) is 3.69. The van der Waals surface area contributed by atoms with Gasteiger partial charge in [-0.2, -0.15) is 0 Å². The summed E-state index contributed by atoms with van der Waals surface area (Å²) in [7, 11) is 0. The van der Waals surface area contributed by atoms with Crippen LogP contribution < -0.4 is 0 Å². The lowest BCUT2D eigenvalue weighted by molar-refractivity contribution is 1.17. The highest BCUT2D eigenvalue weighted by molar-refractivity contribution is 6.13. The number of aromatic nitrogens is 4. The van der Waals surface area contributed by atoms with Crippen LogP contribution >= 0.6 is 0 Å². The molecule has 3 heterocycles. The Morgan fingerprint density at radius 3 is 1.42 bits per heavy atom. The van der Waals surface area contributed by atoms with Gasteiger partial charge in [-0.25, -0.2) is 9.97 Å². The van der Waals surface area contributed by atoms with Gasteiger partial charge in [0, 0.05) is 45.5 Å². The third kappa shape index (κ3) is 5.74. The van der Waals surface area contributed by atoms with Crippen molar-refractivity contribution in [2.45, 2.75) is 0 Å². The average Bonchev–Trinajstić information content (AvgIpc) is 3.63. The number of rotatable bonds is 6. The predicted molar refractivity (Wildman–Crippen MR) is 236 cm³/mol. The van der Waals surface area contributed by atoms with Crippen molar-refractivity contribution in [2.75, 3.05) is 0 Å². The number of hydrogen-bond donors (Lipinski definition) is 0. The van der Waals surface area contributed by atoms with Crippen LogP contribution in [0.15, 0.2) is 207 Å². The molecule has 0 aliphatic carbocycles. The van der Waals surface area contributed by atoms with Gasteiger partial charge in [0.05, 0.1) is 22.4 Å². The number of benzene rings is 8. The summed E-state index contributed by atoms with van der Waals surface area (Å²) in [4.78, 5) is 14.8. The smallest absolute Gasteiger partial charge is 0.160 e. The Morgan fingerprint density at radius 2 is 0.842 bits per heavy atom. The maximum Gasteiger partial charge on any atom is 0.160 e. The van der Waals surface area contributed by atoms with E-state index in [2.05, 4.69) is 198 Å². The summed E-state index contributed by atoms with van der Waals surface area (Å²) < 4.78 is 2.34. The Hall–Kier alpha value is -7.69. The summed E-state index contributed by atoms with van der Waals surface area (Å²) in [5, 5.41) is 7.43. The second-order valence-corrected chi connectivity index (χ2v) is 14.5. The molecule has 0 saturated carbocycles. The van der Waals surface area contributed by atoms with Gasteiger partial charge in [-0.1, -0.05) is 152 Å². The topological polar surface area (TPSA) is 43.6 Å². The highest BCUT2D eigenvalue weighted by Crippen LogP contribution is 2.38. The number of pyridine rings is 1. The van der Waals surface area contributed by atoms with Crippen LogP contribution in [0.1, 0.15) is 0 Å². The third-order valence-electron chi connectivity index (χ3n) is 11.1. The monoisotopic (exact) mass is 726 g/mol. The Morgan fingerprint density at radius 1 is 0.351 bits per heavy atom. The number of hydrogen-bond acceptors (Lipinski definition) is 3. The molecule has 0 N–H and O–H groups in total. The molecule has 57 heavy (non-hydrogen) atoms. The first-order valence-corrected chi connectivity index (χ1v) is 19.3. The third-order valence-corrected chi connectivity index (χ3v) is 11.1. The van der Waals surface area contributed by atoms with E-state index in [0.717, 1.165) is 50.5 Å². The lowest BCUT2D eigenvalue weighted by Gasteiger charge is -2.13. The lowest BCUT2D eigenvalue weighted by Crippen LogP contribution is -1.97. The van der Waals surface area contributed by atoms with Crippen molar-refractivity contribution in [3.63, 3.8) is 0 Å². The first-order chi connectivity index (χ1) is 28.2. The standard InChI is InChI=1S/C53H34N4/c1-3-13-44-40(10-1)32-41-11-2-4-14-45(41)52(44)38-23-25-39(26-24-38)53-55-48(36-21-19-35(20-22-36)42-12-9-31-54-34-42)33-49(56-53)37-27-29-43(30-28-37)57-50-17-7-5-15-46(50)47-16-6-8-18-51(47)57/h1-34H. The molecular formula is C53H34N4. The van der Waals surface area contributed by atoms with Gasteiger partial charge in [-0.05, 0) is 86.3 Å². The van der Waals surface area contributed by atoms with Crippen molar-refractivity contribution in [3.05, 3.63) is 207 Å². The minimum atomic E-state index is 0.680.